The number of rotatable bonds is 4. The lowest BCUT2D eigenvalue weighted by Gasteiger charge is -2.30. The first-order valence-electron chi connectivity index (χ1n) is 8.59. The number of carbonyl (C=O) groups excluding carboxylic acids is 1. The lowest BCUT2D eigenvalue weighted by molar-refractivity contribution is 0.0714. The van der Waals surface area contributed by atoms with E-state index in [1.54, 1.807) is 35.2 Å². The molecule has 2 aromatic carbocycles. The van der Waals surface area contributed by atoms with E-state index in [2.05, 4.69) is 4.72 Å². The molecule has 1 aliphatic rings. The summed E-state index contributed by atoms with van der Waals surface area (Å²) in [5.74, 6) is -0.162. The Balaban J connectivity index is 1.81. The van der Waals surface area contributed by atoms with E-state index in [4.69, 9.17) is 5.73 Å². The molecule has 0 radical (unpaired) electrons. The van der Waals surface area contributed by atoms with Gasteiger partial charge in [0.1, 0.15) is 0 Å². The molecule has 0 bridgehead atoms. The van der Waals surface area contributed by atoms with E-state index < -0.39 is 10.0 Å². The van der Waals surface area contributed by atoms with Crippen molar-refractivity contribution in [2.75, 3.05) is 17.8 Å². The van der Waals surface area contributed by atoms with E-state index in [-0.39, 0.29) is 16.8 Å². The Labute approximate surface area is 154 Å². The maximum Gasteiger partial charge on any atom is 0.261 e. The first kappa shape index (κ1) is 18.4. The van der Waals surface area contributed by atoms with E-state index in [1.165, 1.54) is 12.1 Å². The van der Waals surface area contributed by atoms with Gasteiger partial charge >= 0.3 is 0 Å². The molecule has 3 N–H and O–H groups in total. The van der Waals surface area contributed by atoms with Gasteiger partial charge in [0, 0.05) is 30.4 Å². The summed E-state index contributed by atoms with van der Waals surface area (Å²) in [6, 6.07) is 13.4. The van der Waals surface area contributed by atoms with Gasteiger partial charge in [-0.1, -0.05) is 18.2 Å². The fourth-order valence-electron chi connectivity index (χ4n) is 3.00. The quantitative estimate of drug-likeness (QED) is 0.860. The highest BCUT2D eigenvalue weighted by atomic mass is 32.2. The molecule has 0 aliphatic carbocycles. The second-order valence-corrected chi connectivity index (χ2v) is 8.31. The Kier molecular flexibility index (Phi) is 5.29. The van der Waals surface area contributed by atoms with Gasteiger partial charge in [-0.15, -0.1) is 0 Å². The van der Waals surface area contributed by atoms with Crippen LogP contribution in [0, 0.1) is 6.92 Å². The Morgan fingerprint density at radius 2 is 1.81 bits per heavy atom. The van der Waals surface area contributed by atoms with Gasteiger partial charge in [-0.2, -0.15) is 0 Å². The van der Waals surface area contributed by atoms with Gasteiger partial charge in [0.05, 0.1) is 4.90 Å². The second-order valence-electron chi connectivity index (χ2n) is 6.63. The van der Waals surface area contributed by atoms with Gasteiger partial charge in [-0.25, -0.2) is 8.42 Å². The third-order valence-electron chi connectivity index (χ3n) is 4.49. The van der Waals surface area contributed by atoms with Crippen molar-refractivity contribution in [1.29, 1.82) is 0 Å². The number of aryl methyl sites for hydroxylation is 1. The molecule has 138 valence electrons. The van der Waals surface area contributed by atoms with Crippen LogP contribution in [0.25, 0.3) is 0 Å². The Hall–Kier alpha value is -2.38. The predicted octanol–water partition coefficient (Wildman–Crippen LogP) is 2.36. The van der Waals surface area contributed by atoms with Gasteiger partial charge in [0.2, 0.25) is 0 Å². The van der Waals surface area contributed by atoms with Gasteiger partial charge in [0.15, 0.2) is 0 Å². The smallest absolute Gasteiger partial charge is 0.261 e. The largest absolute Gasteiger partial charge is 0.339 e. The summed E-state index contributed by atoms with van der Waals surface area (Å²) >= 11 is 0. The monoisotopic (exact) mass is 373 g/mol. The summed E-state index contributed by atoms with van der Waals surface area (Å²) in [6.45, 7) is 3.08. The lowest BCUT2D eigenvalue weighted by atomic mass is 10.0. The number of likely N-dealkylation sites (tertiary alicyclic amines) is 1. The number of piperidine rings is 1. The average Bonchev–Trinajstić information content (AvgIpc) is 2.61. The lowest BCUT2D eigenvalue weighted by Crippen LogP contribution is -2.42. The SMILES string of the molecule is Cc1cccc(NS(=O)(=O)c2cccc(C(=O)N3CCC(N)CC3)c2)c1. The minimum atomic E-state index is -3.77. The van der Waals surface area contributed by atoms with E-state index in [9.17, 15) is 13.2 Å². The van der Waals surface area contributed by atoms with Crippen LogP contribution in [0.1, 0.15) is 28.8 Å². The van der Waals surface area contributed by atoms with Gasteiger partial charge in [-0.3, -0.25) is 9.52 Å². The molecule has 1 saturated heterocycles. The number of hydrogen-bond acceptors (Lipinski definition) is 4. The number of benzene rings is 2. The predicted molar refractivity (Wildman–Crippen MR) is 102 cm³/mol. The molecule has 6 nitrogen and oxygen atoms in total. The summed E-state index contributed by atoms with van der Waals surface area (Å²) in [5, 5.41) is 0. The Bertz CT molecular complexity index is 904. The first-order chi connectivity index (χ1) is 12.3. The van der Waals surface area contributed by atoms with Crippen molar-refractivity contribution in [3.63, 3.8) is 0 Å². The summed E-state index contributed by atoms with van der Waals surface area (Å²) in [5.41, 5.74) is 7.69. The topological polar surface area (TPSA) is 92.5 Å². The molecule has 1 aliphatic heterocycles. The van der Waals surface area contributed by atoms with Crippen LogP contribution >= 0.6 is 0 Å². The standard InChI is InChI=1S/C19H23N3O3S/c1-14-4-2-6-17(12-14)21-26(24,25)18-7-3-5-15(13-18)19(23)22-10-8-16(20)9-11-22/h2-7,12-13,16,21H,8-11,20H2,1H3. The number of sulfonamides is 1. The van der Waals surface area contributed by atoms with E-state index in [0.29, 0.717) is 24.3 Å². The van der Waals surface area contributed by atoms with Crippen molar-refractivity contribution in [1.82, 2.24) is 4.90 Å². The molecule has 7 heteroatoms. The molecule has 0 saturated carbocycles. The zero-order chi connectivity index (χ0) is 18.7. The van der Waals surface area contributed by atoms with Crippen LogP contribution in [0.15, 0.2) is 53.4 Å². The Morgan fingerprint density at radius 1 is 1.12 bits per heavy atom. The number of hydrogen-bond donors (Lipinski definition) is 2. The van der Waals surface area contributed by atoms with E-state index in [1.807, 2.05) is 13.0 Å². The number of carbonyl (C=O) groups is 1. The Morgan fingerprint density at radius 3 is 2.50 bits per heavy atom. The highest BCUT2D eigenvalue weighted by Gasteiger charge is 2.23. The zero-order valence-corrected chi connectivity index (χ0v) is 15.5. The van der Waals surface area contributed by atoms with Crippen molar-refractivity contribution in [3.05, 3.63) is 59.7 Å². The normalized spacial score (nSPS) is 15.7. The van der Waals surface area contributed by atoms with Gasteiger partial charge in [0.25, 0.3) is 15.9 Å². The van der Waals surface area contributed by atoms with Crippen LogP contribution < -0.4 is 10.5 Å². The van der Waals surface area contributed by atoms with Crippen LogP contribution in [0.2, 0.25) is 0 Å². The second kappa shape index (κ2) is 7.47. The van der Waals surface area contributed by atoms with Crippen LogP contribution in [-0.4, -0.2) is 38.4 Å². The molecule has 2 aromatic rings. The molecule has 0 atom stereocenters. The van der Waals surface area contributed by atoms with Gasteiger partial charge < -0.3 is 10.6 Å². The molecule has 0 spiro atoms. The molecular formula is C19H23N3O3S. The van der Waals surface area contributed by atoms with Crippen LogP contribution in [-0.2, 0) is 10.0 Å². The number of amides is 1. The molecule has 0 unspecified atom stereocenters. The third kappa shape index (κ3) is 4.23. The number of nitrogens with two attached hydrogens (primary N) is 1. The summed E-state index contributed by atoms with van der Waals surface area (Å²) in [4.78, 5) is 14.5. The van der Waals surface area contributed by atoms with E-state index in [0.717, 1.165) is 18.4 Å². The van der Waals surface area contributed by atoms with Crippen LogP contribution in [0.3, 0.4) is 0 Å². The number of nitrogens with one attached hydrogen (secondary N) is 1. The molecule has 0 aromatic heterocycles. The van der Waals surface area contributed by atoms with Gasteiger partial charge in [-0.05, 0) is 55.7 Å². The zero-order valence-electron chi connectivity index (χ0n) is 14.7. The number of nitrogens with zero attached hydrogens (tertiary/aromatic N) is 1. The maximum atomic E-state index is 12.7. The highest BCUT2D eigenvalue weighted by molar-refractivity contribution is 7.92. The minimum Gasteiger partial charge on any atom is -0.339 e. The van der Waals surface area contributed by atoms with Crippen molar-refractivity contribution < 1.29 is 13.2 Å². The van der Waals surface area contributed by atoms with Crippen molar-refractivity contribution in [3.8, 4) is 0 Å². The fourth-order valence-corrected chi connectivity index (χ4v) is 4.10. The third-order valence-corrected chi connectivity index (χ3v) is 5.87. The minimum absolute atomic E-state index is 0.0681. The van der Waals surface area contributed by atoms with Crippen molar-refractivity contribution >= 4 is 21.6 Å². The van der Waals surface area contributed by atoms with Crippen LogP contribution in [0.5, 0.6) is 0 Å². The van der Waals surface area contributed by atoms with Crippen molar-refractivity contribution in [2.45, 2.75) is 30.7 Å². The number of anilines is 1. The molecule has 26 heavy (non-hydrogen) atoms. The molecular weight excluding hydrogens is 350 g/mol. The summed E-state index contributed by atoms with van der Waals surface area (Å²) < 4.78 is 27.9. The summed E-state index contributed by atoms with van der Waals surface area (Å²) in [7, 11) is -3.77. The average molecular weight is 373 g/mol. The molecule has 1 amide bonds. The van der Waals surface area contributed by atoms with E-state index >= 15 is 0 Å². The molecule has 3 rings (SSSR count). The van der Waals surface area contributed by atoms with Crippen LogP contribution in [0.4, 0.5) is 5.69 Å². The summed E-state index contributed by atoms with van der Waals surface area (Å²) in [6.07, 6.45) is 1.53. The maximum absolute atomic E-state index is 12.7. The molecule has 1 heterocycles. The first-order valence-corrected chi connectivity index (χ1v) is 10.1. The highest BCUT2D eigenvalue weighted by Crippen LogP contribution is 2.20. The molecule has 1 fully saturated rings. The van der Waals surface area contributed by atoms with Crippen molar-refractivity contribution in [2.24, 2.45) is 5.73 Å². The fraction of sp³-hybridized carbons (Fsp3) is 0.316.